The van der Waals surface area contributed by atoms with Crippen LogP contribution in [0.2, 0.25) is 5.02 Å². The fourth-order valence-corrected chi connectivity index (χ4v) is 5.90. The van der Waals surface area contributed by atoms with E-state index in [0.717, 1.165) is 19.3 Å². The van der Waals surface area contributed by atoms with E-state index < -0.39 is 38.9 Å². The molecule has 1 fully saturated rings. The summed E-state index contributed by atoms with van der Waals surface area (Å²) >= 11 is 5.87. The predicted octanol–water partition coefficient (Wildman–Crippen LogP) is 6.27. The van der Waals surface area contributed by atoms with Gasteiger partial charge < -0.3 is 10.5 Å². The first-order chi connectivity index (χ1) is 17.6. The first-order valence-corrected chi connectivity index (χ1v) is 14.2. The lowest BCUT2D eigenvalue weighted by Crippen LogP contribution is -2.36. The van der Waals surface area contributed by atoms with Gasteiger partial charge in [0.2, 0.25) is 5.91 Å². The molecule has 0 saturated heterocycles. The van der Waals surface area contributed by atoms with Crippen LogP contribution in [0.15, 0.2) is 65.6 Å². The van der Waals surface area contributed by atoms with Gasteiger partial charge in [-0.3, -0.25) is 4.79 Å². The summed E-state index contributed by atoms with van der Waals surface area (Å²) in [4.78, 5) is 12.5. The van der Waals surface area contributed by atoms with Gasteiger partial charge in [0, 0.05) is 0 Å². The molecule has 1 aliphatic rings. The average molecular weight is 548 g/mol. The Labute approximate surface area is 220 Å². The van der Waals surface area contributed by atoms with Gasteiger partial charge in [-0.1, -0.05) is 49.2 Å². The van der Waals surface area contributed by atoms with Crippen LogP contribution in [0, 0.1) is 11.6 Å². The van der Waals surface area contributed by atoms with Crippen LogP contribution >= 0.6 is 11.6 Å². The number of carbonyl (C=O) groups is 1. The summed E-state index contributed by atoms with van der Waals surface area (Å²) in [5, 5.41) is 0.00284. The lowest BCUT2D eigenvalue weighted by atomic mass is 9.79. The second-order valence-electron chi connectivity index (χ2n) is 9.28. The molecule has 3 aromatic rings. The van der Waals surface area contributed by atoms with E-state index in [0.29, 0.717) is 29.5 Å². The Morgan fingerprint density at radius 2 is 1.62 bits per heavy atom. The van der Waals surface area contributed by atoms with Crippen LogP contribution in [0.3, 0.4) is 0 Å². The molecule has 5 nitrogen and oxygen atoms in total. The normalized spacial score (nSPS) is 16.2. The van der Waals surface area contributed by atoms with Gasteiger partial charge in [-0.05, 0) is 78.8 Å². The van der Waals surface area contributed by atoms with Crippen molar-refractivity contribution in [3.05, 3.63) is 94.0 Å². The number of halogens is 3. The van der Waals surface area contributed by atoms with Crippen molar-refractivity contribution in [1.82, 2.24) is 0 Å². The van der Waals surface area contributed by atoms with Gasteiger partial charge >= 0.3 is 0 Å². The number of hydrogen-bond acceptors (Lipinski definition) is 4. The molecule has 196 valence electrons. The molecule has 2 N–H and O–H groups in total. The highest BCUT2D eigenvalue weighted by atomic mass is 35.5. The number of rotatable bonds is 8. The first-order valence-electron chi connectivity index (χ1n) is 12.1. The van der Waals surface area contributed by atoms with Crippen molar-refractivity contribution in [2.75, 3.05) is 5.75 Å². The van der Waals surface area contributed by atoms with Crippen molar-refractivity contribution in [3.8, 4) is 5.75 Å². The number of primary amides is 1. The largest absolute Gasteiger partial charge is 0.480 e. The third-order valence-corrected chi connectivity index (χ3v) is 9.00. The smallest absolute Gasteiger partial charge is 0.229 e. The third kappa shape index (κ3) is 5.65. The van der Waals surface area contributed by atoms with Crippen molar-refractivity contribution >= 4 is 27.3 Å². The summed E-state index contributed by atoms with van der Waals surface area (Å²) in [5.41, 5.74) is 6.08. The summed E-state index contributed by atoms with van der Waals surface area (Å²) in [6.07, 6.45) is 3.87. The van der Waals surface area contributed by atoms with Crippen molar-refractivity contribution in [2.45, 2.75) is 55.4 Å². The fourth-order valence-electron chi connectivity index (χ4n) is 4.90. The fraction of sp³-hybridized carbons (Fsp3) is 0.321. The molecular formula is C28H28ClF2NO4S. The summed E-state index contributed by atoms with van der Waals surface area (Å²) < 4.78 is 60.1. The summed E-state index contributed by atoms with van der Waals surface area (Å²) in [7, 11) is -3.41. The molecule has 1 unspecified atom stereocenters. The van der Waals surface area contributed by atoms with Gasteiger partial charge in [0.15, 0.2) is 21.4 Å². The minimum atomic E-state index is -3.41. The van der Waals surface area contributed by atoms with Crippen LogP contribution < -0.4 is 10.5 Å². The molecule has 1 amide bonds. The van der Waals surface area contributed by atoms with Gasteiger partial charge in [0.25, 0.3) is 0 Å². The van der Waals surface area contributed by atoms with Gasteiger partial charge in [0.1, 0.15) is 11.4 Å². The predicted molar refractivity (Wildman–Crippen MR) is 138 cm³/mol. The van der Waals surface area contributed by atoms with Crippen LogP contribution in [0.5, 0.6) is 5.75 Å². The molecule has 1 atom stereocenters. The minimum absolute atomic E-state index is 0.00284. The zero-order chi connectivity index (χ0) is 26.8. The molecule has 1 aliphatic carbocycles. The van der Waals surface area contributed by atoms with Crippen molar-refractivity contribution < 1.29 is 26.7 Å². The van der Waals surface area contributed by atoms with E-state index in [-0.39, 0.29) is 21.4 Å². The van der Waals surface area contributed by atoms with Crippen LogP contribution in [0.1, 0.15) is 61.6 Å². The Kier molecular flexibility index (Phi) is 7.90. The Bertz CT molecular complexity index is 1400. The molecule has 9 heteroatoms. The highest BCUT2D eigenvalue weighted by Crippen LogP contribution is 2.43. The molecule has 0 spiro atoms. The number of amides is 1. The van der Waals surface area contributed by atoms with Crippen LogP contribution in [-0.4, -0.2) is 20.1 Å². The number of ether oxygens (including phenoxy) is 1. The standard InChI is InChI=1S/C28H28ClF2NO4S/c1-2-37(34,35)21-10-6-18(7-11-21)26(27(32)33)19-8-13-25(24(31)16-19)36-28(14-4-3-5-15-28)20-9-12-22(29)23(30)17-20/h6-13,16-17,26H,2-5,14-15H2,1H3,(H2,32,33). The molecule has 0 radical (unpaired) electrons. The molecule has 0 aromatic heterocycles. The number of nitrogens with two attached hydrogens (primary N) is 1. The highest BCUT2D eigenvalue weighted by molar-refractivity contribution is 7.91. The molecule has 3 aromatic carbocycles. The second-order valence-corrected chi connectivity index (χ2v) is 12.0. The Hall–Kier alpha value is -2.97. The Morgan fingerprint density at radius 3 is 2.19 bits per heavy atom. The van der Waals surface area contributed by atoms with Crippen molar-refractivity contribution in [3.63, 3.8) is 0 Å². The number of sulfone groups is 1. The quantitative estimate of drug-likeness (QED) is 0.360. The lowest BCUT2D eigenvalue weighted by molar-refractivity contribution is -0.118. The van der Waals surface area contributed by atoms with Gasteiger partial charge in [-0.25, -0.2) is 17.2 Å². The van der Waals surface area contributed by atoms with Gasteiger partial charge in [0.05, 0.1) is 21.6 Å². The maximum Gasteiger partial charge on any atom is 0.229 e. The summed E-state index contributed by atoms with van der Waals surface area (Å²) in [6.45, 7) is 1.54. The van der Waals surface area contributed by atoms with E-state index in [9.17, 15) is 17.6 Å². The van der Waals surface area contributed by atoms with Gasteiger partial charge in [-0.2, -0.15) is 0 Å². The topological polar surface area (TPSA) is 86.5 Å². The first kappa shape index (κ1) is 27.1. The average Bonchev–Trinajstić information content (AvgIpc) is 2.88. The number of benzene rings is 3. The summed E-state index contributed by atoms with van der Waals surface area (Å²) in [6, 6.07) is 14.5. The van der Waals surface area contributed by atoms with Crippen LogP contribution in [-0.2, 0) is 20.2 Å². The van der Waals surface area contributed by atoms with E-state index >= 15 is 4.39 Å². The Morgan fingerprint density at radius 1 is 0.973 bits per heavy atom. The maximum absolute atomic E-state index is 15.4. The molecule has 4 rings (SSSR count). The lowest BCUT2D eigenvalue weighted by Gasteiger charge is -2.38. The molecule has 0 aliphatic heterocycles. The van der Waals surface area contributed by atoms with Crippen molar-refractivity contribution in [1.29, 1.82) is 0 Å². The van der Waals surface area contributed by atoms with Gasteiger partial charge in [-0.15, -0.1) is 0 Å². The van der Waals surface area contributed by atoms with E-state index in [2.05, 4.69) is 0 Å². The monoisotopic (exact) mass is 547 g/mol. The Balaban J connectivity index is 1.66. The maximum atomic E-state index is 15.4. The zero-order valence-corrected chi connectivity index (χ0v) is 21.9. The molecule has 0 bridgehead atoms. The van der Waals surface area contributed by atoms with Crippen molar-refractivity contribution in [2.24, 2.45) is 5.73 Å². The van der Waals surface area contributed by atoms with E-state index in [4.69, 9.17) is 22.1 Å². The van der Waals surface area contributed by atoms with E-state index in [1.165, 1.54) is 48.5 Å². The molecule has 37 heavy (non-hydrogen) atoms. The number of carbonyl (C=O) groups excluding carboxylic acids is 1. The molecule has 1 saturated carbocycles. The SMILES string of the molecule is CCS(=O)(=O)c1ccc(C(C(N)=O)c2ccc(OC3(c4ccc(Cl)c(F)c4)CCCCC3)c(F)c2)cc1. The van der Waals surface area contributed by atoms with Crippen LogP contribution in [0.25, 0.3) is 0 Å². The van der Waals surface area contributed by atoms with E-state index in [1.807, 2.05) is 0 Å². The third-order valence-electron chi connectivity index (χ3n) is 6.94. The zero-order valence-electron chi connectivity index (χ0n) is 20.3. The molecule has 0 heterocycles. The number of hydrogen-bond donors (Lipinski definition) is 1. The highest BCUT2D eigenvalue weighted by Gasteiger charge is 2.37. The molecular weight excluding hydrogens is 520 g/mol. The minimum Gasteiger partial charge on any atom is -0.480 e. The van der Waals surface area contributed by atoms with E-state index in [1.54, 1.807) is 19.1 Å². The summed E-state index contributed by atoms with van der Waals surface area (Å²) in [5.74, 6) is -3.02. The van der Waals surface area contributed by atoms with Crippen LogP contribution in [0.4, 0.5) is 8.78 Å². The second kappa shape index (κ2) is 10.8.